The number of hydrogen-bond donors (Lipinski definition) is 1. The van der Waals surface area contributed by atoms with Gasteiger partial charge < -0.3 is 14.8 Å². The zero-order valence-electron chi connectivity index (χ0n) is 9.56. The van der Waals surface area contributed by atoms with Crippen molar-refractivity contribution in [3.05, 3.63) is 0 Å². The Balaban J connectivity index is 2.63. The Morgan fingerprint density at radius 2 is 2.13 bits per heavy atom. The van der Waals surface area contributed by atoms with Gasteiger partial charge in [-0.15, -0.1) is 0 Å². The van der Waals surface area contributed by atoms with Crippen LogP contribution in [0.5, 0.6) is 0 Å². The Morgan fingerprint density at radius 1 is 1.53 bits per heavy atom. The molecule has 1 amide bonds. The SMILES string of the molecule is CC(C)(C)CC(=O)N1CC(O)C[C@H]1C=O. The summed E-state index contributed by atoms with van der Waals surface area (Å²) in [4.78, 5) is 24.0. The number of rotatable bonds is 2. The Morgan fingerprint density at radius 3 is 2.60 bits per heavy atom. The maximum absolute atomic E-state index is 11.8. The lowest BCUT2D eigenvalue weighted by Gasteiger charge is -2.25. The summed E-state index contributed by atoms with van der Waals surface area (Å²) in [6, 6.07) is -0.435. The van der Waals surface area contributed by atoms with Gasteiger partial charge in [0, 0.05) is 19.4 Å². The second-order valence-corrected chi connectivity index (χ2v) is 5.38. The number of carbonyl (C=O) groups excluding carboxylic acids is 2. The molecule has 0 spiro atoms. The van der Waals surface area contributed by atoms with E-state index in [1.807, 2.05) is 20.8 Å². The van der Waals surface area contributed by atoms with Gasteiger partial charge in [0.05, 0.1) is 12.1 Å². The van der Waals surface area contributed by atoms with E-state index in [-0.39, 0.29) is 17.9 Å². The Hall–Kier alpha value is -0.900. The number of amides is 1. The number of hydrogen-bond acceptors (Lipinski definition) is 3. The highest BCUT2D eigenvalue weighted by atomic mass is 16.3. The molecule has 0 radical (unpaired) electrons. The van der Waals surface area contributed by atoms with Crippen molar-refractivity contribution in [1.29, 1.82) is 0 Å². The van der Waals surface area contributed by atoms with Crippen molar-refractivity contribution in [2.24, 2.45) is 5.41 Å². The van der Waals surface area contributed by atoms with Gasteiger partial charge in [-0.25, -0.2) is 0 Å². The molecule has 4 heteroatoms. The van der Waals surface area contributed by atoms with Gasteiger partial charge in [-0.05, 0) is 5.41 Å². The summed E-state index contributed by atoms with van der Waals surface area (Å²) in [6.45, 7) is 6.23. The van der Waals surface area contributed by atoms with E-state index in [0.717, 1.165) is 6.29 Å². The van der Waals surface area contributed by atoms with Gasteiger partial charge in [-0.1, -0.05) is 20.8 Å². The third kappa shape index (κ3) is 3.30. The van der Waals surface area contributed by atoms with Crippen LogP contribution in [0.4, 0.5) is 0 Å². The van der Waals surface area contributed by atoms with Crippen LogP contribution in [0, 0.1) is 5.41 Å². The van der Waals surface area contributed by atoms with Crippen molar-refractivity contribution in [2.75, 3.05) is 6.54 Å². The van der Waals surface area contributed by atoms with E-state index in [9.17, 15) is 14.7 Å². The molecule has 1 aliphatic heterocycles. The summed E-state index contributed by atoms with van der Waals surface area (Å²) in [7, 11) is 0. The maximum Gasteiger partial charge on any atom is 0.223 e. The quantitative estimate of drug-likeness (QED) is 0.683. The van der Waals surface area contributed by atoms with Crippen molar-refractivity contribution < 1.29 is 14.7 Å². The molecule has 1 N–H and O–H groups in total. The molecule has 1 heterocycles. The predicted octanol–water partition coefficient (Wildman–Crippen LogP) is 0.583. The molecule has 4 nitrogen and oxygen atoms in total. The molecule has 1 unspecified atom stereocenters. The molecule has 0 aromatic heterocycles. The summed E-state index contributed by atoms with van der Waals surface area (Å²) in [5.74, 6) is -0.0452. The monoisotopic (exact) mass is 213 g/mol. The number of nitrogens with zero attached hydrogens (tertiary/aromatic N) is 1. The van der Waals surface area contributed by atoms with E-state index in [0.29, 0.717) is 12.8 Å². The summed E-state index contributed by atoms with van der Waals surface area (Å²) < 4.78 is 0. The third-order valence-electron chi connectivity index (χ3n) is 2.48. The summed E-state index contributed by atoms with van der Waals surface area (Å²) in [5, 5.41) is 9.40. The highest BCUT2D eigenvalue weighted by molar-refractivity contribution is 5.81. The van der Waals surface area contributed by atoms with E-state index >= 15 is 0 Å². The van der Waals surface area contributed by atoms with E-state index in [1.165, 1.54) is 4.90 Å². The van der Waals surface area contributed by atoms with Gasteiger partial charge in [0.25, 0.3) is 0 Å². The highest BCUT2D eigenvalue weighted by Gasteiger charge is 2.35. The van der Waals surface area contributed by atoms with Gasteiger partial charge in [-0.3, -0.25) is 4.79 Å². The Bertz CT molecular complexity index is 257. The molecule has 1 saturated heterocycles. The number of carbonyl (C=O) groups is 2. The Labute approximate surface area is 90.3 Å². The molecule has 2 atom stereocenters. The van der Waals surface area contributed by atoms with Crippen LogP contribution in [0.25, 0.3) is 0 Å². The number of aliphatic hydroxyl groups is 1. The Kier molecular flexibility index (Phi) is 3.50. The summed E-state index contributed by atoms with van der Waals surface area (Å²) in [5.41, 5.74) is -0.0853. The topological polar surface area (TPSA) is 57.6 Å². The molecule has 0 saturated carbocycles. The minimum Gasteiger partial charge on any atom is -0.391 e. The second kappa shape index (κ2) is 4.31. The van der Waals surface area contributed by atoms with Crippen molar-refractivity contribution in [1.82, 2.24) is 4.90 Å². The molecule has 1 aliphatic rings. The molecule has 1 rings (SSSR count). The van der Waals surface area contributed by atoms with E-state index < -0.39 is 12.1 Å². The first-order valence-electron chi connectivity index (χ1n) is 5.26. The van der Waals surface area contributed by atoms with Crippen LogP contribution in [0.3, 0.4) is 0 Å². The highest BCUT2D eigenvalue weighted by Crippen LogP contribution is 2.24. The lowest BCUT2D eigenvalue weighted by Crippen LogP contribution is -2.38. The predicted molar refractivity (Wildman–Crippen MR) is 56.3 cm³/mol. The lowest BCUT2D eigenvalue weighted by atomic mass is 9.91. The van der Waals surface area contributed by atoms with Crippen LogP contribution >= 0.6 is 0 Å². The third-order valence-corrected chi connectivity index (χ3v) is 2.48. The van der Waals surface area contributed by atoms with Gasteiger partial charge in [0.15, 0.2) is 0 Å². The first kappa shape index (κ1) is 12.2. The van der Waals surface area contributed by atoms with Gasteiger partial charge >= 0.3 is 0 Å². The summed E-state index contributed by atoms with van der Waals surface area (Å²) >= 11 is 0. The molecule has 0 aromatic carbocycles. The van der Waals surface area contributed by atoms with E-state index in [1.54, 1.807) is 0 Å². The van der Waals surface area contributed by atoms with Crippen molar-refractivity contribution in [3.63, 3.8) is 0 Å². The molecule has 0 aliphatic carbocycles. The van der Waals surface area contributed by atoms with Crippen LogP contribution < -0.4 is 0 Å². The molecular formula is C11H19NO3. The minimum atomic E-state index is -0.552. The molecule has 1 fully saturated rings. The zero-order valence-corrected chi connectivity index (χ0v) is 9.56. The molecule has 86 valence electrons. The van der Waals surface area contributed by atoms with Crippen molar-refractivity contribution in [2.45, 2.75) is 45.8 Å². The van der Waals surface area contributed by atoms with Crippen LogP contribution in [0.1, 0.15) is 33.6 Å². The number of likely N-dealkylation sites (tertiary alicyclic amines) is 1. The fourth-order valence-corrected chi connectivity index (χ4v) is 1.81. The standard InChI is InChI=1S/C11H19NO3/c1-11(2,3)5-10(15)12-6-9(14)4-8(12)7-13/h7-9,14H,4-6H2,1-3H3/t8-,9?/m0/s1. The lowest BCUT2D eigenvalue weighted by molar-refractivity contribution is -0.136. The fraction of sp³-hybridized carbons (Fsp3) is 0.818. The number of β-amino-alcohol motifs (C(OH)–C–C–N with tert-alkyl or cyclic N) is 1. The van der Waals surface area contributed by atoms with E-state index in [4.69, 9.17) is 0 Å². The van der Waals surface area contributed by atoms with Crippen LogP contribution in [-0.2, 0) is 9.59 Å². The fourth-order valence-electron chi connectivity index (χ4n) is 1.81. The average molecular weight is 213 g/mol. The zero-order chi connectivity index (χ0) is 11.6. The summed E-state index contributed by atoms with van der Waals surface area (Å²) in [6.07, 6.45) is 0.976. The van der Waals surface area contributed by atoms with Gasteiger partial charge in [0.2, 0.25) is 5.91 Å². The average Bonchev–Trinajstić information content (AvgIpc) is 2.43. The maximum atomic E-state index is 11.8. The number of aldehydes is 1. The van der Waals surface area contributed by atoms with Crippen LogP contribution in [-0.4, -0.2) is 40.9 Å². The van der Waals surface area contributed by atoms with Crippen molar-refractivity contribution >= 4 is 12.2 Å². The molecule has 0 aromatic rings. The van der Waals surface area contributed by atoms with Gasteiger partial charge in [0.1, 0.15) is 6.29 Å². The van der Waals surface area contributed by atoms with E-state index in [2.05, 4.69) is 0 Å². The van der Waals surface area contributed by atoms with Crippen LogP contribution in [0.2, 0.25) is 0 Å². The first-order chi connectivity index (χ1) is 6.83. The smallest absolute Gasteiger partial charge is 0.223 e. The van der Waals surface area contributed by atoms with Crippen LogP contribution in [0.15, 0.2) is 0 Å². The normalized spacial score (nSPS) is 26.8. The molecule has 0 bridgehead atoms. The largest absolute Gasteiger partial charge is 0.391 e. The molecular weight excluding hydrogens is 194 g/mol. The van der Waals surface area contributed by atoms with Gasteiger partial charge in [-0.2, -0.15) is 0 Å². The minimum absolute atomic E-state index is 0.0452. The second-order valence-electron chi connectivity index (χ2n) is 5.38. The van der Waals surface area contributed by atoms with Crippen molar-refractivity contribution in [3.8, 4) is 0 Å². The first-order valence-corrected chi connectivity index (χ1v) is 5.26. The number of aliphatic hydroxyl groups excluding tert-OH is 1. The molecule has 15 heavy (non-hydrogen) atoms.